The summed E-state index contributed by atoms with van der Waals surface area (Å²) in [5, 5.41) is 22.2. The van der Waals surface area contributed by atoms with Crippen molar-refractivity contribution in [2.24, 2.45) is 0 Å². The van der Waals surface area contributed by atoms with Crippen LogP contribution in [0.3, 0.4) is 0 Å². The van der Waals surface area contributed by atoms with Crippen molar-refractivity contribution in [3.63, 3.8) is 0 Å². The summed E-state index contributed by atoms with van der Waals surface area (Å²) in [5.74, 6) is -0.341. The lowest BCUT2D eigenvalue weighted by Crippen LogP contribution is -2.28. The van der Waals surface area contributed by atoms with E-state index in [1.807, 2.05) is 6.07 Å². The lowest BCUT2D eigenvalue weighted by Gasteiger charge is -2.15. The number of halogens is 2. The first-order valence-electron chi connectivity index (χ1n) is 6.89. The average Bonchev–Trinajstić information content (AvgIpc) is 2.53. The van der Waals surface area contributed by atoms with Crippen LogP contribution in [0.2, 0.25) is 10.0 Å². The van der Waals surface area contributed by atoms with Crippen molar-refractivity contribution in [2.75, 3.05) is 6.54 Å². The summed E-state index contributed by atoms with van der Waals surface area (Å²) in [6, 6.07) is 13.7. The fourth-order valence-electron chi connectivity index (χ4n) is 2.14. The molecule has 2 N–H and O–H groups in total. The van der Waals surface area contributed by atoms with Crippen molar-refractivity contribution in [3.05, 3.63) is 69.2 Å². The second-order valence-electron chi connectivity index (χ2n) is 4.90. The van der Waals surface area contributed by atoms with E-state index in [9.17, 15) is 9.90 Å². The standard InChI is InChI=1S/C17H14Cl2N2O2/c18-13-5-2-6-14(19)16(13)15(22)10-21-17(23)12-4-1-3-11(9-12)7-8-20/h1-6,9,15,22H,7,10H2,(H,21,23)/t15-/m0/s1. The van der Waals surface area contributed by atoms with Crippen LogP contribution in [-0.4, -0.2) is 17.6 Å². The number of amides is 1. The van der Waals surface area contributed by atoms with Gasteiger partial charge in [-0.05, 0) is 29.8 Å². The van der Waals surface area contributed by atoms with E-state index in [0.717, 1.165) is 5.56 Å². The van der Waals surface area contributed by atoms with E-state index in [4.69, 9.17) is 28.5 Å². The van der Waals surface area contributed by atoms with E-state index < -0.39 is 6.10 Å². The van der Waals surface area contributed by atoms with Gasteiger partial charge in [0.15, 0.2) is 0 Å². The summed E-state index contributed by atoms with van der Waals surface area (Å²) in [7, 11) is 0. The van der Waals surface area contributed by atoms with Crippen molar-refractivity contribution in [1.82, 2.24) is 5.32 Å². The van der Waals surface area contributed by atoms with Gasteiger partial charge in [0, 0.05) is 27.7 Å². The van der Waals surface area contributed by atoms with Gasteiger partial charge in [-0.15, -0.1) is 0 Å². The molecule has 4 nitrogen and oxygen atoms in total. The molecule has 1 atom stereocenters. The molecule has 0 aliphatic rings. The van der Waals surface area contributed by atoms with Crippen LogP contribution in [0.1, 0.15) is 27.6 Å². The van der Waals surface area contributed by atoms with E-state index >= 15 is 0 Å². The third-order valence-corrected chi connectivity index (χ3v) is 3.92. The Bertz CT molecular complexity index is 736. The molecule has 0 unspecified atom stereocenters. The van der Waals surface area contributed by atoms with Crippen molar-refractivity contribution in [1.29, 1.82) is 5.26 Å². The van der Waals surface area contributed by atoms with Crippen LogP contribution in [0.15, 0.2) is 42.5 Å². The minimum absolute atomic E-state index is 0.0231. The molecule has 2 aromatic carbocycles. The molecule has 0 bridgehead atoms. The Kier molecular flexibility index (Phi) is 6.00. The minimum atomic E-state index is -1.01. The molecule has 23 heavy (non-hydrogen) atoms. The third kappa shape index (κ3) is 4.46. The molecule has 0 aromatic heterocycles. The molecule has 0 aliphatic carbocycles. The van der Waals surface area contributed by atoms with E-state index in [0.29, 0.717) is 21.2 Å². The number of benzene rings is 2. The zero-order chi connectivity index (χ0) is 16.8. The third-order valence-electron chi connectivity index (χ3n) is 3.26. The van der Waals surface area contributed by atoms with Gasteiger partial charge in [0.1, 0.15) is 0 Å². The van der Waals surface area contributed by atoms with Crippen LogP contribution in [-0.2, 0) is 6.42 Å². The topological polar surface area (TPSA) is 73.1 Å². The molecule has 2 rings (SSSR count). The van der Waals surface area contributed by atoms with Gasteiger partial charge in [-0.25, -0.2) is 0 Å². The van der Waals surface area contributed by atoms with E-state index in [1.54, 1.807) is 42.5 Å². The minimum Gasteiger partial charge on any atom is -0.386 e. The van der Waals surface area contributed by atoms with Gasteiger partial charge in [0.05, 0.1) is 18.6 Å². The van der Waals surface area contributed by atoms with Gasteiger partial charge in [-0.1, -0.05) is 41.4 Å². The molecule has 0 saturated carbocycles. The normalized spacial score (nSPS) is 11.6. The van der Waals surface area contributed by atoms with E-state index in [-0.39, 0.29) is 18.9 Å². The molecular weight excluding hydrogens is 335 g/mol. The predicted molar refractivity (Wildman–Crippen MR) is 89.5 cm³/mol. The number of carbonyl (C=O) groups is 1. The van der Waals surface area contributed by atoms with Crippen molar-refractivity contribution in [2.45, 2.75) is 12.5 Å². The maximum absolute atomic E-state index is 12.1. The molecular formula is C17H14Cl2N2O2. The summed E-state index contributed by atoms with van der Waals surface area (Å²) >= 11 is 12.0. The second-order valence-corrected chi connectivity index (χ2v) is 5.71. The quantitative estimate of drug-likeness (QED) is 0.867. The highest BCUT2D eigenvalue weighted by atomic mass is 35.5. The number of rotatable bonds is 5. The zero-order valence-electron chi connectivity index (χ0n) is 12.1. The molecule has 2 aromatic rings. The Morgan fingerprint density at radius 2 is 1.87 bits per heavy atom. The highest BCUT2D eigenvalue weighted by Gasteiger charge is 2.16. The monoisotopic (exact) mass is 348 g/mol. The number of nitriles is 1. The first-order chi connectivity index (χ1) is 11.0. The van der Waals surface area contributed by atoms with Crippen molar-refractivity contribution in [3.8, 4) is 6.07 Å². The van der Waals surface area contributed by atoms with E-state index in [2.05, 4.69) is 5.32 Å². The second kappa shape index (κ2) is 7.98. The molecule has 0 radical (unpaired) electrons. The van der Waals surface area contributed by atoms with Crippen LogP contribution in [0.5, 0.6) is 0 Å². The largest absolute Gasteiger partial charge is 0.386 e. The predicted octanol–water partition coefficient (Wildman–Crippen LogP) is 3.52. The Morgan fingerprint density at radius 3 is 2.52 bits per heavy atom. The number of hydrogen-bond acceptors (Lipinski definition) is 3. The number of carbonyl (C=O) groups excluding carboxylic acids is 1. The maximum Gasteiger partial charge on any atom is 0.251 e. The smallest absolute Gasteiger partial charge is 0.251 e. The molecule has 1 amide bonds. The average molecular weight is 349 g/mol. The first-order valence-corrected chi connectivity index (χ1v) is 7.64. The Labute approximate surface area is 144 Å². The number of hydrogen-bond donors (Lipinski definition) is 2. The van der Waals surface area contributed by atoms with Crippen LogP contribution < -0.4 is 5.32 Å². The lowest BCUT2D eigenvalue weighted by atomic mass is 10.1. The highest BCUT2D eigenvalue weighted by Crippen LogP contribution is 2.29. The summed E-state index contributed by atoms with van der Waals surface area (Å²) in [4.78, 5) is 12.1. The molecule has 118 valence electrons. The number of nitrogens with one attached hydrogen (secondary N) is 1. The highest BCUT2D eigenvalue weighted by molar-refractivity contribution is 6.36. The van der Waals surface area contributed by atoms with Gasteiger partial charge in [-0.3, -0.25) is 4.79 Å². The zero-order valence-corrected chi connectivity index (χ0v) is 13.6. The molecule has 6 heteroatoms. The molecule has 0 heterocycles. The van der Waals surface area contributed by atoms with E-state index in [1.165, 1.54) is 0 Å². The van der Waals surface area contributed by atoms with Gasteiger partial charge in [0.25, 0.3) is 5.91 Å². The van der Waals surface area contributed by atoms with Crippen molar-refractivity contribution >= 4 is 29.1 Å². The van der Waals surface area contributed by atoms with Crippen LogP contribution in [0.4, 0.5) is 0 Å². The fraction of sp³-hybridized carbons (Fsp3) is 0.176. The van der Waals surface area contributed by atoms with Crippen LogP contribution in [0, 0.1) is 11.3 Å². The fourth-order valence-corrected chi connectivity index (χ4v) is 2.79. The number of aliphatic hydroxyl groups is 1. The van der Waals surface area contributed by atoms with Gasteiger partial charge < -0.3 is 10.4 Å². The molecule has 0 saturated heterocycles. The van der Waals surface area contributed by atoms with Gasteiger partial charge in [-0.2, -0.15) is 5.26 Å². The summed E-state index contributed by atoms with van der Waals surface area (Å²) < 4.78 is 0. The van der Waals surface area contributed by atoms with Crippen molar-refractivity contribution < 1.29 is 9.90 Å². The summed E-state index contributed by atoms with van der Waals surface area (Å²) in [6.07, 6.45) is -0.777. The van der Waals surface area contributed by atoms with Gasteiger partial charge in [0.2, 0.25) is 0 Å². The van der Waals surface area contributed by atoms with Gasteiger partial charge >= 0.3 is 0 Å². The summed E-state index contributed by atoms with van der Waals surface area (Å²) in [6.45, 7) is -0.0231. The Morgan fingerprint density at radius 1 is 1.22 bits per heavy atom. The number of aliphatic hydroxyl groups excluding tert-OH is 1. The lowest BCUT2D eigenvalue weighted by molar-refractivity contribution is 0.0916. The van der Waals surface area contributed by atoms with Crippen LogP contribution in [0.25, 0.3) is 0 Å². The number of nitrogens with zero attached hydrogens (tertiary/aromatic N) is 1. The molecule has 0 spiro atoms. The molecule has 0 aliphatic heterocycles. The molecule has 0 fully saturated rings. The van der Waals surface area contributed by atoms with Crippen LogP contribution >= 0.6 is 23.2 Å². The SMILES string of the molecule is N#CCc1cccc(C(=O)NC[C@H](O)c2c(Cl)cccc2Cl)c1. The first kappa shape index (κ1) is 17.3. The Balaban J connectivity index is 2.04. The summed E-state index contributed by atoms with van der Waals surface area (Å²) in [5.41, 5.74) is 1.57. The Hall–Kier alpha value is -2.06. The maximum atomic E-state index is 12.1.